The monoisotopic (exact) mass is 365 g/mol. The number of hydrogen-bond donors (Lipinski definition) is 0. The minimum absolute atomic E-state index is 0.00220. The van der Waals surface area contributed by atoms with Crippen molar-refractivity contribution >= 4 is 32.8 Å². The van der Waals surface area contributed by atoms with Crippen LogP contribution in [0, 0.1) is 0 Å². The van der Waals surface area contributed by atoms with E-state index in [2.05, 4.69) is 15.9 Å². The molecule has 0 amide bonds. The van der Waals surface area contributed by atoms with Gasteiger partial charge in [-0.25, -0.2) is 4.79 Å². The number of nitrogens with zero attached hydrogens (tertiary/aromatic N) is 1. The summed E-state index contributed by atoms with van der Waals surface area (Å²) in [5.74, 6) is -0.297. The van der Waals surface area contributed by atoms with Crippen LogP contribution >= 0.6 is 15.9 Å². The van der Waals surface area contributed by atoms with Gasteiger partial charge < -0.3 is 14.0 Å². The molecule has 6 heteroatoms. The van der Waals surface area contributed by atoms with Gasteiger partial charge in [-0.05, 0) is 25.5 Å². The molecular formula is C16H16BrNO4. The van der Waals surface area contributed by atoms with Crippen LogP contribution in [0.1, 0.15) is 29.7 Å². The maximum absolute atomic E-state index is 12.7. The Bertz CT molecular complexity index is 784. The lowest BCUT2D eigenvalue weighted by atomic mass is 10.1. The summed E-state index contributed by atoms with van der Waals surface area (Å²) >= 11 is 3.44. The highest BCUT2D eigenvalue weighted by Gasteiger charge is 2.32. The maximum atomic E-state index is 12.7. The number of benzene rings is 1. The van der Waals surface area contributed by atoms with Crippen molar-refractivity contribution in [1.82, 2.24) is 4.57 Å². The molecule has 1 aliphatic rings. The van der Waals surface area contributed by atoms with Gasteiger partial charge in [-0.15, -0.1) is 0 Å². The third-order valence-corrected chi connectivity index (χ3v) is 4.23. The topological polar surface area (TPSA) is 57.5 Å². The summed E-state index contributed by atoms with van der Waals surface area (Å²) in [6, 6.07) is 7.37. The van der Waals surface area contributed by atoms with Gasteiger partial charge in [0.05, 0.1) is 18.2 Å². The number of rotatable bonds is 4. The molecule has 1 aromatic heterocycles. The summed E-state index contributed by atoms with van der Waals surface area (Å²) in [7, 11) is 0. The SMILES string of the molecule is CCOC(=O)c1c2n(c3ccccc3c1=O)C(CCBr)CO2. The Hall–Kier alpha value is -1.82. The van der Waals surface area contributed by atoms with Crippen LogP contribution in [0.5, 0.6) is 5.88 Å². The molecule has 3 rings (SSSR count). The van der Waals surface area contributed by atoms with Crippen LogP contribution in [0.15, 0.2) is 29.1 Å². The Balaban J connectivity index is 2.32. The van der Waals surface area contributed by atoms with Crippen LogP contribution in [0.25, 0.3) is 10.9 Å². The van der Waals surface area contributed by atoms with E-state index in [1.807, 2.05) is 16.7 Å². The normalized spacial score (nSPS) is 16.4. The number of halogens is 1. The molecule has 2 aromatic rings. The number of hydrogen-bond acceptors (Lipinski definition) is 4. The lowest BCUT2D eigenvalue weighted by Gasteiger charge is -2.15. The average molecular weight is 366 g/mol. The highest BCUT2D eigenvalue weighted by molar-refractivity contribution is 9.09. The molecule has 1 unspecified atom stereocenters. The highest BCUT2D eigenvalue weighted by Crippen LogP contribution is 2.34. The number of para-hydroxylation sites is 1. The third kappa shape index (κ3) is 2.31. The van der Waals surface area contributed by atoms with Crippen LogP contribution in [0.2, 0.25) is 0 Å². The fourth-order valence-corrected chi connectivity index (χ4v) is 3.34. The Morgan fingerprint density at radius 3 is 2.95 bits per heavy atom. The Morgan fingerprint density at radius 1 is 1.45 bits per heavy atom. The van der Waals surface area contributed by atoms with Crippen molar-refractivity contribution in [2.45, 2.75) is 19.4 Å². The van der Waals surface area contributed by atoms with E-state index in [4.69, 9.17) is 9.47 Å². The van der Waals surface area contributed by atoms with E-state index in [1.165, 1.54) is 0 Å². The number of ether oxygens (including phenoxy) is 2. The molecule has 0 spiro atoms. The number of pyridine rings is 1. The van der Waals surface area contributed by atoms with Crippen molar-refractivity contribution in [3.63, 3.8) is 0 Å². The first-order valence-electron chi connectivity index (χ1n) is 7.22. The molecule has 1 atom stereocenters. The zero-order valence-electron chi connectivity index (χ0n) is 12.2. The molecule has 2 heterocycles. The van der Waals surface area contributed by atoms with Gasteiger partial charge in [-0.2, -0.15) is 0 Å². The number of alkyl halides is 1. The second-order valence-electron chi connectivity index (χ2n) is 5.06. The van der Waals surface area contributed by atoms with Gasteiger partial charge in [0.15, 0.2) is 5.56 Å². The molecule has 0 aliphatic carbocycles. The molecule has 0 bridgehead atoms. The largest absolute Gasteiger partial charge is 0.476 e. The fourth-order valence-electron chi connectivity index (χ4n) is 2.81. The van der Waals surface area contributed by atoms with Gasteiger partial charge >= 0.3 is 5.97 Å². The summed E-state index contributed by atoms with van der Waals surface area (Å²) in [5.41, 5.74) is 0.455. The minimum Gasteiger partial charge on any atom is -0.476 e. The molecule has 116 valence electrons. The first kappa shape index (κ1) is 15.1. The summed E-state index contributed by atoms with van der Waals surface area (Å²) in [6.07, 6.45) is 0.849. The molecule has 0 radical (unpaired) electrons. The molecule has 5 nitrogen and oxygen atoms in total. The van der Waals surface area contributed by atoms with Crippen molar-refractivity contribution < 1.29 is 14.3 Å². The molecule has 0 N–H and O–H groups in total. The van der Waals surface area contributed by atoms with Gasteiger partial charge in [0, 0.05) is 10.7 Å². The summed E-state index contributed by atoms with van der Waals surface area (Å²) < 4.78 is 12.7. The number of esters is 1. The standard InChI is InChI=1S/C16H16BrNO4/c1-2-21-16(20)13-14(19)11-5-3-4-6-12(11)18-10(7-8-17)9-22-15(13)18/h3-6,10H,2,7-9H2,1H3. The van der Waals surface area contributed by atoms with E-state index in [0.29, 0.717) is 17.9 Å². The van der Waals surface area contributed by atoms with Crippen LogP contribution in [0.3, 0.4) is 0 Å². The summed E-state index contributed by atoms with van der Waals surface area (Å²) in [5, 5.41) is 1.33. The summed E-state index contributed by atoms with van der Waals surface area (Å²) in [4.78, 5) is 24.9. The number of fused-ring (bicyclic) bond motifs is 3. The maximum Gasteiger partial charge on any atom is 0.347 e. The fraction of sp³-hybridized carbons (Fsp3) is 0.375. The first-order valence-corrected chi connectivity index (χ1v) is 8.34. The van der Waals surface area contributed by atoms with E-state index in [0.717, 1.165) is 17.3 Å². The van der Waals surface area contributed by atoms with Crippen molar-refractivity contribution in [1.29, 1.82) is 0 Å². The Labute approximate surface area is 136 Å². The molecule has 1 aliphatic heterocycles. The number of carbonyl (C=O) groups is 1. The molecule has 0 saturated heterocycles. The molecular weight excluding hydrogens is 350 g/mol. The Kier molecular flexibility index (Phi) is 4.20. The van der Waals surface area contributed by atoms with Crippen molar-refractivity contribution in [2.24, 2.45) is 0 Å². The van der Waals surface area contributed by atoms with Crippen LogP contribution < -0.4 is 10.2 Å². The smallest absolute Gasteiger partial charge is 0.347 e. The van der Waals surface area contributed by atoms with Crippen LogP contribution in [-0.2, 0) is 4.74 Å². The van der Waals surface area contributed by atoms with E-state index < -0.39 is 5.97 Å². The molecule has 22 heavy (non-hydrogen) atoms. The summed E-state index contributed by atoms with van der Waals surface area (Å²) in [6.45, 7) is 2.38. The van der Waals surface area contributed by atoms with Crippen LogP contribution in [-0.4, -0.2) is 29.1 Å². The van der Waals surface area contributed by atoms with Gasteiger partial charge in [0.2, 0.25) is 11.3 Å². The predicted molar refractivity (Wildman–Crippen MR) is 87.1 cm³/mol. The average Bonchev–Trinajstić information content (AvgIpc) is 2.92. The van der Waals surface area contributed by atoms with E-state index in [1.54, 1.807) is 19.1 Å². The zero-order valence-corrected chi connectivity index (χ0v) is 13.8. The molecule has 0 fully saturated rings. The second-order valence-corrected chi connectivity index (χ2v) is 5.85. The minimum atomic E-state index is -0.624. The zero-order chi connectivity index (χ0) is 15.7. The van der Waals surface area contributed by atoms with E-state index >= 15 is 0 Å². The highest BCUT2D eigenvalue weighted by atomic mass is 79.9. The van der Waals surface area contributed by atoms with Gasteiger partial charge in [0.1, 0.15) is 6.61 Å². The second kappa shape index (κ2) is 6.12. The van der Waals surface area contributed by atoms with Crippen LogP contribution in [0.4, 0.5) is 0 Å². The first-order chi connectivity index (χ1) is 10.7. The Morgan fingerprint density at radius 2 is 2.23 bits per heavy atom. The van der Waals surface area contributed by atoms with Crippen molar-refractivity contribution in [3.8, 4) is 5.88 Å². The number of aromatic nitrogens is 1. The van der Waals surface area contributed by atoms with Crippen molar-refractivity contribution in [2.75, 3.05) is 18.5 Å². The number of carbonyl (C=O) groups excluding carboxylic acids is 1. The van der Waals surface area contributed by atoms with E-state index in [-0.39, 0.29) is 23.6 Å². The molecule has 1 aromatic carbocycles. The van der Waals surface area contributed by atoms with Crippen molar-refractivity contribution in [3.05, 3.63) is 40.1 Å². The third-order valence-electron chi connectivity index (χ3n) is 3.77. The van der Waals surface area contributed by atoms with Gasteiger partial charge in [-0.1, -0.05) is 28.1 Å². The lowest BCUT2D eigenvalue weighted by Crippen LogP contribution is -2.21. The molecule has 0 saturated carbocycles. The van der Waals surface area contributed by atoms with E-state index in [9.17, 15) is 9.59 Å². The lowest BCUT2D eigenvalue weighted by molar-refractivity contribution is 0.0520. The van der Waals surface area contributed by atoms with Gasteiger partial charge in [0.25, 0.3) is 0 Å². The van der Waals surface area contributed by atoms with Gasteiger partial charge in [-0.3, -0.25) is 4.79 Å². The quantitative estimate of drug-likeness (QED) is 0.617. The predicted octanol–water partition coefficient (Wildman–Crippen LogP) is 2.90.